The molecule has 1 heterocycles. The Morgan fingerprint density at radius 1 is 1.17 bits per heavy atom. The van der Waals surface area contributed by atoms with E-state index in [0.717, 1.165) is 11.1 Å². The summed E-state index contributed by atoms with van der Waals surface area (Å²) < 4.78 is 0. The van der Waals surface area contributed by atoms with Gasteiger partial charge in [0.15, 0.2) is 0 Å². The van der Waals surface area contributed by atoms with Gasteiger partial charge < -0.3 is 0 Å². The first kappa shape index (κ1) is 13.3. The molecular formula is C13H13Cl2N3. The molecule has 0 aliphatic carbocycles. The van der Waals surface area contributed by atoms with Gasteiger partial charge >= 0.3 is 0 Å². The second-order valence-electron chi connectivity index (χ2n) is 3.94. The molecule has 1 aromatic carbocycles. The van der Waals surface area contributed by atoms with E-state index in [1.165, 1.54) is 0 Å². The van der Waals surface area contributed by atoms with Crippen LogP contribution in [0.15, 0.2) is 42.7 Å². The van der Waals surface area contributed by atoms with Crippen molar-refractivity contribution in [2.75, 3.05) is 0 Å². The van der Waals surface area contributed by atoms with Gasteiger partial charge in [0.05, 0.1) is 6.04 Å². The minimum atomic E-state index is -0.0241. The van der Waals surface area contributed by atoms with Crippen LogP contribution < -0.4 is 11.3 Å². The minimum absolute atomic E-state index is 0.0241. The van der Waals surface area contributed by atoms with Crippen molar-refractivity contribution in [2.24, 2.45) is 5.84 Å². The second-order valence-corrected chi connectivity index (χ2v) is 4.78. The second kappa shape index (κ2) is 6.16. The highest BCUT2D eigenvalue weighted by atomic mass is 35.5. The Morgan fingerprint density at radius 2 is 1.89 bits per heavy atom. The summed E-state index contributed by atoms with van der Waals surface area (Å²) in [5, 5.41) is 1.36. The first-order valence-electron chi connectivity index (χ1n) is 5.50. The van der Waals surface area contributed by atoms with Crippen LogP contribution in [0.5, 0.6) is 0 Å². The number of nitrogens with two attached hydrogens (primary N) is 1. The Bertz CT molecular complexity index is 517. The number of aromatic nitrogens is 1. The van der Waals surface area contributed by atoms with Crippen LogP contribution in [-0.4, -0.2) is 4.98 Å². The highest BCUT2D eigenvalue weighted by Crippen LogP contribution is 2.25. The summed E-state index contributed by atoms with van der Waals surface area (Å²) in [4.78, 5) is 3.99. The van der Waals surface area contributed by atoms with Gasteiger partial charge in [-0.05, 0) is 47.9 Å². The van der Waals surface area contributed by atoms with Gasteiger partial charge in [-0.3, -0.25) is 16.3 Å². The zero-order valence-corrected chi connectivity index (χ0v) is 11.1. The summed E-state index contributed by atoms with van der Waals surface area (Å²) in [6.07, 6.45) is 4.14. The number of hydrazine groups is 1. The quantitative estimate of drug-likeness (QED) is 0.669. The maximum Gasteiger partial charge on any atom is 0.0501 e. The third kappa shape index (κ3) is 3.21. The molecule has 18 heavy (non-hydrogen) atoms. The van der Waals surface area contributed by atoms with Gasteiger partial charge in [-0.1, -0.05) is 23.2 Å². The molecule has 0 aliphatic rings. The molecule has 94 valence electrons. The standard InChI is InChI=1S/C13H13Cl2N3/c14-11-1-2-12(15)10(7-11)8-13(18-16)9-3-5-17-6-4-9/h1-7,13,18H,8,16H2. The number of hydrogen-bond acceptors (Lipinski definition) is 3. The Labute approximate surface area is 116 Å². The molecule has 3 nitrogen and oxygen atoms in total. The lowest BCUT2D eigenvalue weighted by atomic mass is 10.0. The van der Waals surface area contributed by atoms with Crippen molar-refractivity contribution < 1.29 is 0 Å². The highest BCUT2D eigenvalue weighted by Gasteiger charge is 2.12. The summed E-state index contributed by atoms with van der Waals surface area (Å²) >= 11 is 12.1. The Hall–Kier alpha value is -1.13. The third-order valence-electron chi connectivity index (χ3n) is 2.74. The van der Waals surface area contributed by atoms with Crippen LogP contribution in [0, 0.1) is 0 Å². The maximum atomic E-state index is 6.15. The molecule has 0 aliphatic heterocycles. The van der Waals surface area contributed by atoms with E-state index in [9.17, 15) is 0 Å². The van der Waals surface area contributed by atoms with E-state index in [-0.39, 0.29) is 6.04 Å². The van der Waals surface area contributed by atoms with Crippen molar-refractivity contribution in [3.05, 3.63) is 63.9 Å². The molecule has 5 heteroatoms. The van der Waals surface area contributed by atoms with Gasteiger partial charge in [0, 0.05) is 22.4 Å². The molecule has 1 atom stereocenters. The molecule has 0 saturated carbocycles. The fourth-order valence-corrected chi connectivity index (χ4v) is 2.18. The molecule has 0 radical (unpaired) electrons. The van der Waals surface area contributed by atoms with Gasteiger partial charge in [-0.15, -0.1) is 0 Å². The summed E-state index contributed by atoms with van der Waals surface area (Å²) in [5.41, 5.74) is 4.80. The van der Waals surface area contributed by atoms with Crippen LogP contribution in [0.1, 0.15) is 17.2 Å². The lowest BCUT2D eigenvalue weighted by Gasteiger charge is -2.17. The van der Waals surface area contributed by atoms with Crippen LogP contribution in [0.2, 0.25) is 10.0 Å². The monoisotopic (exact) mass is 281 g/mol. The molecule has 3 N–H and O–H groups in total. The number of rotatable bonds is 4. The SMILES string of the molecule is NNC(Cc1cc(Cl)ccc1Cl)c1ccncc1. The van der Waals surface area contributed by atoms with Crippen molar-refractivity contribution in [1.29, 1.82) is 0 Å². The number of nitrogens with zero attached hydrogens (tertiary/aromatic N) is 1. The lowest BCUT2D eigenvalue weighted by Crippen LogP contribution is -2.29. The molecule has 2 rings (SSSR count). The van der Waals surface area contributed by atoms with Crippen LogP contribution >= 0.6 is 23.2 Å². The number of hydrogen-bond donors (Lipinski definition) is 2. The molecule has 1 aromatic heterocycles. The molecule has 0 bridgehead atoms. The summed E-state index contributed by atoms with van der Waals surface area (Å²) in [6.45, 7) is 0. The van der Waals surface area contributed by atoms with Crippen LogP contribution in [0.3, 0.4) is 0 Å². The number of benzene rings is 1. The van der Waals surface area contributed by atoms with Gasteiger partial charge in [-0.2, -0.15) is 0 Å². The Kier molecular flexibility index (Phi) is 4.55. The van der Waals surface area contributed by atoms with E-state index < -0.39 is 0 Å². The predicted octanol–water partition coefficient (Wildman–Crippen LogP) is 3.14. The van der Waals surface area contributed by atoms with Gasteiger partial charge in [0.25, 0.3) is 0 Å². The molecule has 1 unspecified atom stereocenters. The van der Waals surface area contributed by atoms with Gasteiger partial charge in [0.2, 0.25) is 0 Å². The van der Waals surface area contributed by atoms with Crippen LogP contribution in [0.25, 0.3) is 0 Å². The molecule has 2 aromatic rings. The average molecular weight is 282 g/mol. The van der Waals surface area contributed by atoms with Crippen molar-refractivity contribution in [2.45, 2.75) is 12.5 Å². The summed E-state index contributed by atoms with van der Waals surface area (Å²) in [6, 6.07) is 9.23. The number of nitrogens with one attached hydrogen (secondary N) is 1. The van der Waals surface area contributed by atoms with Crippen molar-refractivity contribution in [3.63, 3.8) is 0 Å². The smallest absolute Gasteiger partial charge is 0.0501 e. The zero-order valence-electron chi connectivity index (χ0n) is 9.61. The van der Waals surface area contributed by atoms with Gasteiger partial charge in [-0.25, -0.2) is 0 Å². The van der Waals surface area contributed by atoms with Crippen molar-refractivity contribution in [3.8, 4) is 0 Å². The summed E-state index contributed by atoms with van der Waals surface area (Å²) in [5.74, 6) is 5.59. The van der Waals surface area contributed by atoms with E-state index >= 15 is 0 Å². The first-order chi connectivity index (χ1) is 8.70. The fourth-order valence-electron chi connectivity index (χ4n) is 1.79. The number of pyridine rings is 1. The lowest BCUT2D eigenvalue weighted by molar-refractivity contribution is 0.551. The predicted molar refractivity (Wildman–Crippen MR) is 74.5 cm³/mol. The van der Waals surface area contributed by atoms with E-state index in [1.807, 2.05) is 18.2 Å². The summed E-state index contributed by atoms with van der Waals surface area (Å²) in [7, 11) is 0. The van der Waals surface area contributed by atoms with E-state index in [0.29, 0.717) is 16.5 Å². The molecular weight excluding hydrogens is 269 g/mol. The van der Waals surface area contributed by atoms with Crippen LogP contribution in [0.4, 0.5) is 0 Å². The maximum absolute atomic E-state index is 6.15. The topological polar surface area (TPSA) is 50.9 Å². The van der Waals surface area contributed by atoms with Crippen molar-refractivity contribution in [1.82, 2.24) is 10.4 Å². The van der Waals surface area contributed by atoms with Crippen LogP contribution in [-0.2, 0) is 6.42 Å². The molecule has 0 saturated heterocycles. The largest absolute Gasteiger partial charge is 0.271 e. The first-order valence-corrected chi connectivity index (χ1v) is 6.26. The molecule has 0 fully saturated rings. The molecule has 0 amide bonds. The van der Waals surface area contributed by atoms with E-state index in [2.05, 4.69) is 10.4 Å². The van der Waals surface area contributed by atoms with E-state index in [1.54, 1.807) is 24.5 Å². The van der Waals surface area contributed by atoms with Crippen molar-refractivity contribution >= 4 is 23.2 Å². The average Bonchev–Trinajstić information content (AvgIpc) is 2.41. The highest BCUT2D eigenvalue weighted by molar-refractivity contribution is 6.33. The fraction of sp³-hybridized carbons (Fsp3) is 0.154. The Balaban J connectivity index is 2.23. The number of halogens is 2. The third-order valence-corrected chi connectivity index (χ3v) is 3.35. The normalized spacial score (nSPS) is 12.4. The van der Waals surface area contributed by atoms with Gasteiger partial charge in [0.1, 0.15) is 0 Å². The minimum Gasteiger partial charge on any atom is -0.271 e. The zero-order chi connectivity index (χ0) is 13.0. The van der Waals surface area contributed by atoms with E-state index in [4.69, 9.17) is 29.0 Å². The molecule has 0 spiro atoms. The Morgan fingerprint density at radius 3 is 2.56 bits per heavy atom.